The van der Waals surface area contributed by atoms with E-state index in [2.05, 4.69) is 57.5 Å². The monoisotopic (exact) mass is 237 g/mol. The van der Waals surface area contributed by atoms with E-state index in [-0.39, 0.29) is 0 Å². The molecule has 0 aliphatic rings. The molecule has 0 spiro atoms. The van der Waals surface area contributed by atoms with Crippen LogP contribution in [0.1, 0.15) is 26.3 Å². The average Bonchev–Trinajstić information content (AvgIpc) is 2.17. The summed E-state index contributed by atoms with van der Waals surface area (Å²) in [5, 5.41) is 10.6. The lowest BCUT2D eigenvalue weighted by atomic mass is 10.2. The molecule has 16 heavy (non-hydrogen) atoms. The molecular weight excluding hydrogens is 214 g/mol. The molecule has 3 heteroatoms. The number of hydrogen-bond donors (Lipinski definition) is 2. The normalized spacial score (nSPS) is 12.9. The smallest absolute Gasteiger partial charge is 0.0863 e. The van der Waals surface area contributed by atoms with E-state index < -0.39 is 8.07 Å². The minimum atomic E-state index is -1.51. The van der Waals surface area contributed by atoms with E-state index in [9.17, 15) is 0 Å². The lowest BCUT2D eigenvalue weighted by molar-refractivity contribution is 0.161. The lowest BCUT2D eigenvalue weighted by Crippen LogP contribution is -2.51. The van der Waals surface area contributed by atoms with Crippen molar-refractivity contribution in [3.63, 3.8) is 0 Å². The first-order valence-corrected chi connectivity index (χ1v) is 8.76. The molecule has 1 aromatic rings. The Morgan fingerprint density at radius 2 is 1.75 bits per heavy atom. The highest BCUT2D eigenvalue weighted by Crippen LogP contribution is 2.36. The zero-order valence-electron chi connectivity index (χ0n) is 11.0. The zero-order valence-corrected chi connectivity index (χ0v) is 12.0. The summed E-state index contributed by atoms with van der Waals surface area (Å²) in [5.74, 6) is 0. The molecule has 0 saturated carbocycles. The van der Waals surface area contributed by atoms with Gasteiger partial charge >= 0.3 is 0 Å². The molecule has 0 aliphatic carbocycles. The predicted octanol–water partition coefficient (Wildman–Crippen LogP) is 2.88. The largest absolute Gasteiger partial charge is 0.316 e. The van der Waals surface area contributed by atoms with E-state index >= 15 is 0 Å². The van der Waals surface area contributed by atoms with E-state index in [0.29, 0.717) is 11.6 Å². The van der Waals surface area contributed by atoms with Crippen LogP contribution in [-0.4, -0.2) is 13.3 Å². The fraction of sp³-hybridized carbons (Fsp3) is 0.538. The maximum atomic E-state index is 8.88. The first-order valence-electron chi connectivity index (χ1n) is 5.76. The van der Waals surface area contributed by atoms with Gasteiger partial charge in [-0.25, -0.2) is 5.48 Å². The first kappa shape index (κ1) is 13.4. The number of rotatable bonds is 3. The minimum Gasteiger partial charge on any atom is -0.316 e. The van der Waals surface area contributed by atoms with Gasteiger partial charge in [-0.1, -0.05) is 63.3 Å². The van der Waals surface area contributed by atoms with Crippen molar-refractivity contribution in [3.8, 4) is 0 Å². The van der Waals surface area contributed by atoms with Crippen molar-refractivity contribution in [2.24, 2.45) is 0 Å². The molecule has 0 heterocycles. The van der Waals surface area contributed by atoms with Gasteiger partial charge in [-0.2, -0.15) is 0 Å². The molecule has 2 N–H and O–H groups in total. The molecule has 90 valence electrons. The van der Waals surface area contributed by atoms with Crippen LogP contribution in [-0.2, 0) is 6.54 Å². The van der Waals surface area contributed by atoms with Crippen molar-refractivity contribution in [3.05, 3.63) is 29.8 Å². The molecule has 0 amide bonds. The third-order valence-electron chi connectivity index (χ3n) is 3.84. The van der Waals surface area contributed by atoms with Gasteiger partial charge in [0, 0.05) is 6.54 Å². The Morgan fingerprint density at radius 1 is 1.19 bits per heavy atom. The van der Waals surface area contributed by atoms with E-state index in [1.54, 1.807) is 0 Å². The van der Waals surface area contributed by atoms with Gasteiger partial charge in [-0.3, -0.25) is 0 Å². The second-order valence-corrected chi connectivity index (χ2v) is 11.2. The van der Waals surface area contributed by atoms with Crippen LogP contribution in [0.3, 0.4) is 0 Å². The second-order valence-electron chi connectivity index (χ2n) is 5.87. The van der Waals surface area contributed by atoms with Crippen LogP contribution in [0.15, 0.2) is 24.3 Å². The summed E-state index contributed by atoms with van der Waals surface area (Å²) in [6.45, 7) is 12.2. The summed E-state index contributed by atoms with van der Waals surface area (Å²) < 4.78 is 0. The number of nitrogens with one attached hydrogen (secondary N) is 1. The van der Waals surface area contributed by atoms with E-state index in [1.165, 1.54) is 10.8 Å². The number of hydrogen-bond acceptors (Lipinski definition) is 2. The zero-order chi connectivity index (χ0) is 12.4. The molecule has 0 radical (unpaired) electrons. The van der Waals surface area contributed by atoms with E-state index in [4.69, 9.17) is 5.21 Å². The maximum absolute atomic E-state index is 8.88. The highest BCUT2D eigenvalue weighted by molar-refractivity contribution is 6.92. The number of hydroxylamine groups is 1. The van der Waals surface area contributed by atoms with Gasteiger partial charge in [-0.15, -0.1) is 0 Å². The molecule has 0 aromatic heterocycles. The van der Waals surface area contributed by atoms with Crippen molar-refractivity contribution in [1.82, 2.24) is 5.48 Å². The fourth-order valence-electron chi connectivity index (χ4n) is 1.77. The molecule has 0 unspecified atom stereocenters. The summed E-state index contributed by atoms with van der Waals surface area (Å²) in [6.07, 6.45) is 0. The fourth-order valence-corrected chi connectivity index (χ4v) is 4.07. The predicted molar refractivity (Wildman–Crippen MR) is 71.9 cm³/mol. The van der Waals surface area contributed by atoms with Crippen LogP contribution in [0.4, 0.5) is 0 Å². The van der Waals surface area contributed by atoms with Gasteiger partial charge in [0.2, 0.25) is 0 Å². The number of benzene rings is 1. The summed E-state index contributed by atoms with van der Waals surface area (Å²) >= 11 is 0. The van der Waals surface area contributed by atoms with Crippen LogP contribution in [0, 0.1) is 0 Å². The minimum absolute atomic E-state index is 0.318. The van der Waals surface area contributed by atoms with Crippen LogP contribution >= 0.6 is 0 Å². The Kier molecular flexibility index (Phi) is 3.94. The van der Waals surface area contributed by atoms with Gasteiger partial charge in [0.25, 0.3) is 0 Å². The van der Waals surface area contributed by atoms with Crippen molar-refractivity contribution >= 4 is 13.3 Å². The van der Waals surface area contributed by atoms with E-state index in [0.717, 1.165) is 0 Å². The second kappa shape index (κ2) is 4.70. The molecule has 0 aliphatic heterocycles. The molecule has 1 rings (SSSR count). The maximum Gasteiger partial charge on any atom is 0.0863 e. The topological polar surface area (TPSA) is 32.3 Å². The van der Waals surface area contributed by atoms with E-state index in [1.807, 2.05) is 6.07 Å². The van der Waals surface area contributed by atoms with Crippen LogP contribution in [0.5, 0.6) is 0 Å². The summed E-state index contributed by atoms with van der Waals surface area (Å²) in [5.41, 5.74) is 3.49. The third kappa shape index (κ3) is 2.54. The van der Waals surface area contributed by atoms with Crippen LogP contribution < -0.4 is 10.7 Å². The van der Waals surface area contributed by atoms with Gasteiger partial charge in [0.1, 0.15) is 0 Å². The van der Waals surface area contributed by atoms with Gasteiger partial charge in [0.15, 0.2) is 0 Å². The summed E-state index contributed by atoms with van der Waals surface area (Å²) in [6, 6.07) is 8.43. The Balaban J connectivity index is 3.21. The standard InChI is InChI=1S/C13H23NOSi/c1-13(2,3)16(4,5)12-9-7-6-8-11(12)10-14-15/h6-9,14-15H,10H2,1-5H3. The lowest BCUT2D eigenvalue weighted by Gasteiger charge is -2.38. The van der Waals surface area contributed by atoms with Gasteiger partial charge in [0.05, 0.1) is 8.07 Å². The summed E-state index contributed by atoms with van der Waals surface area (Å²) in [4.78, 5) is 0. The average molecular weight is 237 g/mol. The van der Waals surface area contributed by atoms with Crippen LogP contribution in [0.2, 0.25) is 18.1 Å². The molecule has 0 saturated heterocycles. The molecule has 0 atom stereocenters. The van der Waals surface area contributed by atoms with Crippen molar-refractivity contribution in [1.29, 1.82) is 0 Å². The molecule has 0 fully saturated rings. The molecule has 0 bridgehead atoms. The van der Waals surface area contributed by atoms with Crippen molar-refractivity contribution in [2.45, 2.75) is 45.4 Å². The quantitative estimate of drug-likeness (QED) is 0.626. The highest BCUT2D eigenvalue weighted by Gasteiger charge is 2.37. The molecular formula is C13H23NOSi. The van der Waals surface area contributed by atoms with Crippen molar-refractivity contribution < 1.29 is 5.21 Å². The van der Waals surface area contributed by atoms with Gasteiger partial charge in [-0.05, 0) is 10.6 Å². The molecule has 1 aromatic carbocycles. The summed E-state index contributed by atoms with van der Waals surface area (Å²) in [7, 11) is -1.51. The third-order valence-corrected chi connectivity index (χ3v) is 9.42. The van der Waals surface area contributed by atoms with Crippen LogP contribution in [0.25, 0.3) is 0 Å². The first-order chi connectivity index (χ1) is 7.30. The SMILES string of the molecule is CC(C)(C)[Si](C)(C)c1ccccc1CNO. The van der Waals surface area contributed by atoms with Crippen molar-refractivity contribution in [2.75, 3.05) is 0 Å². The highest BCUT2D eigenvalue weighted by atomic mass is 28.3. The molecule has 2 nitrogen and oxygen atoms in total. The Bertz CT molecular complexity index is 355. The van der Waals surface area contributed by atoms with Gasteiger partial charge < -0.3 is 5.21 Å². The Labute approximate surface area is 99.7 Å². The Morgan fingerprint density at radius 3 is 2.25 bits per heavy atom. The Hall–Kier alpha value is -0.643.